The molecule has 2 aromatic rings. The highest BCUT2D eigenvalue weighted by Gasteiger charge is 2.25. The lowest BCUT2D eigenvalue weighted by molar-refractivity contribution is -0.386. The van der Waals surface area contributed by atoms with E-state index in [-0.39, 0.29) is 24.5 Å². The number of aliphatic hydroxyl groups is 1. The van der Waals surface area contributed by atoms with Gasteiger partial charge in [-0.15, -0.1) is 0 Å². The monoisotopic (exact) mass is 468 g/mol. The lowest BCUT2D eigenvalue weighted by Gasteiger charge is -2.33. The molecule has 178 valence electrons. The number of nitro benzene ring substituents is 1. The zero-order valence-corrected chi connectivity index (χ0v) is 18.7. The first-order valence-electron chi connectivity index (χ1n) is 10.4. The van der Waals surface area contributed by atoms with Crippen LogP contribution < -0.4 is 14.4 Å². The number of benzene rings is 2. The Labute approximate surface area is 195 Å². The first-order chi connectivity index (χ1) is 16.3. The SMILES string of the molecule is COc1cc(/C(O)=C(\C#N)C(=O)N(C)CCOc2ccc(N3CCC3)cc2)cc([N+](=O)[O-])c1O. The van der Waals surface area contributed by atoms with Crippen molar-refractivity contribution in [2.45, 2.75) is 6.42 Å². The molecule has 1 heterocycles. The number of phenols is 1. The maximum Gasteiger partial charge on any atom is 0.315 e. The topological polar surface area (TPSA) is 149 Å². The molecule has 0 unspecified atom stereocenters. The molecule has 0 aromatic heterocycles. The van der Waals surface area contributed by atoms with E-state index in [0.717, 1.165) is 30.9 Å². The molecule has 0 aliphatic carbocycles. The first-order valence-corrected chi connectivity index (χ1v) is 10.4. The molecular weight excluding hydrogens is 444 g/mol. The molecule has 3 rings (SSSR count). The van der Waals surface area contributed by atoms with E-state index in [2.05, 4.69) is 4.90 Å². The molecule has 0 spiro atoms. The minimum Gasteiger partial charge on any atom is -0.506 e. The fourth-order valence-corrected chi connectivity index (χ4v) is 3.29. The molecular formula is C23H24N4O7. The number of nitrogens with zero attached hydrogens (tertiary/aromatic N) is 4. The Balaban J connectivity index is 1.69. The Kier molecular flexibility index (Phi) is 7.43. The number of nitro groups is 1. The van der Waals surface area contributed by atoms with Gasteiger partial charge in [0, 0.05) is 37.5 Å². The van der Waals surface area contributed by atoms with Crippen molar-refractivity contribution in [1.29, 1.82) is 5.26 Å². The van der Waals surface area contributed by atoms with E-state index < -0.39 is 33.6 Å². The van der Waals surface area contributed by atoms with Crippen molar-refractivity contribution in [2.24, 2.45) is 0 Å². The Bertz CT molecular complexity index is 1150. The van der Waals surface area contributed by atoms with Gasteiger partial charge in [0.05, 0.1) is 18.6 Å². The number of amides is 1. The maximum atomic E-state index is 12.7. The quantitative estimate of drug-likeness (QED) is 0.186. The summed E-state index contributed by atoms with van der Waals surface area (Å²) in [5.41, 5.74) is -0.467. The van der Waals surface area contributed by atoms with Crippen molar-refractivity contribution in [2.75, 3.05) is 45.3 Å². The van der Waals surface area contributed by atoms with Gasteiger partial charge in [0.1, 0.15) is 24.2 Å². The number of methoxy groups -OCH3 is 1. The maximum absolute atomic E-state index is 12.7. The van der Waals surface area contributed by atoms with Crippen LogP contribution in [0.1, 0.15) is 12.0 Å². The van der Waals surface area contributed by atoms with Crippen LogP contribution in [0.3, 0.4) is 0 Å². The van der Waals surface area contributed by atoms with Crippen LogP contribution in [0.25, 0.3) is 5.76 Å². The summed E-state index contributed by atoms with van der Waals surface area (Å²) in [6.45, 7) is 2.34. The van der Waals surface area contributed by atoms with E-state index in [0.29, 0.717) is 5.75 Å². The van der Waals surface area contributed by atoms with E-state index in [1.807, 2.05) is 24.3 Å². The number of phenolic OH excluding ortho intramolecular Hbond substituents is 1. The molecule has 0 saturated carbocycles. The highest BCUT2D eigenvalue weighted by molar-refractivity contribution is 6.03. The average molecular weight is 468 g/mol. The summed E-state index contributed by atoms with van der Waals surface area (Å²) in [5.74, 6) is -1.97. The molecule has 11 heteroatoms. The number of hydrogen-bond donors (Lipinski definition) is 2. The largest absolute Gasteiger partial charge is 0.506 e. The van der Waals surface area contributed by atoms with E-state index in [9.17, 15) is 30.4 Å². The highest BCUT2D eigenvalue weighted by atomic mass is 16.6. The smallest absolute Gasteiger partial charge is 0.315 e. The van der Waals surface area contributed by atoms with E-state index in [4.69, 9.17) is 9.47 Å². The lowest BCUT2D eigenvalue weighted by atomic mass is 10.1. The minimum atomic E-state index is -0.873. The molecule has 0 bridgehead atoms. The van der Waals surface area contributed by atoms with Gasteiger partial charge in [-0.25, -0.2) is 0 Å². The number of nitriles is 1. The number of carbonyl (C=O) groups is 1. The summed E-state index contributed by atoms with van der Waals surface area (Å²) in [4.78, 5) is 26.5. The number of hydrogen-bond acceptors (Lipinski definition) is 9. The van der Waals surface area contributed by atoms with Crippen molar-refractivity contribution in [3.63, 3.8) is 0 Å². The van der Waals surface area contributed by atoms with E-state index >= 15 is 0 Å². The standard InChI is InChI=1S/C23H24N4O7/c1-25(10-11-34-17-6-4-16(5-7-17)26-8-3-9-26)23(30)18(14-24)21(28)15-12-19(27(31)32)22(29)20(13-15)33-2/h4-7,12-13,28-29H,3,8-11H2,1-2H3/b21-18-. The number of likely N-dealkylation sites (N-methyl/N-ethyl adjacent to an activating group) is 1. The Hall–Kier alpha value is -4.46. The van der Waals surface area contributed by atoms with Gasteiger partial charge in [-0.2, -0.15) is 5.26 Å². The van der Waals surface area contributed by atoms with Gasteiger partial charge >= 0.3 is 5.69 Å². The highest BCUT2D eigenvalue weighted by Crippen LogP contribution is 2.38. The molecule has 0 atom stereocenters. The molecule has 0 radical (unpaired) electrons. The third-order valence-corrected chi connectivity index (χ3v) is 5.41. The van der Waals surface area contributed by atoms with Gasteiger partial charge < -0.3 is 29.5 Å². The van der Waals surface area contributed by atoms with Crippen molar-refractivity contribution >= 4 is 23.0 Å². The van der Waals surface area contributed by atoms with Gasteiger partial charge in [0.15, 0.2) is 11.3 Å². The number of aromatic hydroxyl groups is 1. The predicted molar refractivity (Wildman–Crippen MR) is 123 cm³/mol. The third-order valence-electron chi connectivity index (χ3n) is 5.41. The van der Waals surface area contributed by atoms with Crippen LogP contribution in [-0.2, 0) is 4.79 Å². The first kappa shape index (κ1) is 24.2. The molecule has 1 fully saturated rings. The zero-order valence-electron chi connectivity index (χ0n) is 18.7. The van der Waals surface area contributed by atoms with Crippen LogP contribution in [0.4, 0.5) is 11.4 Å². The normalized spacial score (nSPS) is 13.3. The van der Waals surface area contributed by atoms with Crippen LogP contribution in [0.2, 0.25) is 0 Å². The second-order valence-electron chi connectivity index (χ2n) is 7.55. The lowest BCUT2D eigenvalue weighted by Crippen LogP contribution is -2.36. The second kappa shape index (κ2) is 10.4. The Morgan fingerprint density at radius 1 is 1.29 bits per heavy atom. The third kappa shape index (κ3) is 5.12. The number of aliphatic hydroxyl groups excluding tert-OH is 1. The molecule has 2 N–H and O–H groups in total. The minimum absolute atomic E-state index is 0.115. The Morgan fingerprint density at radius 3 is 2.50 bits per heavy atom. The number of rotatable bonds is 9. The molecule has 2 aromatic carbocycles. The fourth-order valence-electron chi connectivity index (χ4n) is 3.29. The molecule has 1 aliphatic heterocycles. The van der Waals surface area contributed by atoms with E-state index in [1.165, 1.54) is 25.5 Å². The van der Waals surface area contributed by atoms with Gasteiger partial charge in [-0.1, -0.05) is 0 Å². The second-order valence-corrected chi connectivity index (χ2v) is 7.55. The van der Waals surface area contributed by atoms with Gasteiger partial charge in [-0.05, 0) is 36.8 Å². The van der Waals surface area contributed by atoms with Gasteiger partial charge in [0.2, 0.25) is 5.75 Å². The van der Waals surface area contributed by atoms with Gasteiger partial charge in [0.25, 0.3) is 5.91 Å². The molecule has 34 heavy (non-hydrogen) atoms. The molecule has 11 nitrogen and oxygen atoms in total. The number of ether oxygens (including phenoxy) is 2. The van der Waals surface area contributed by atoms with Crippen molar-refractivity contribution < 1.29 is 29.4 Å². The summed E-state index contributed by atoms with van der Waals surface area (Å²) in [7, 11) is 2.61. The van der Waals surface area contributed by atoms with Crippen molar-refractivity contribution in [3.05, 3.63) is 57.6 Å². The summed E-state index contributed by atoms with van der Waals surface area (Å²) < 4.78 is 10.6. The van der Waals surface area contributed by atoms with Crippen LogP contribution in [0.15, 0.2) is 42.0 Å². The van der Waals surface area contributed by atoms with Crippen molar-refractivity contribution in [1.82, 2.24) is 4.90 Å². The van der Waals surface area contributed by atoms with Crippen LogP contribution in [-0.4, -0.2) is 66.3 Å². The van der Waals surface area contributed by atoms with Gasteiger partial charge in [-0.3, -0.25) is 14.9 Å². The summed E-state index contributed by atoms with van der Waals surface area (Å²) in [6, 6.07) is 11.2. The van der Waals surface area contributed by atoms with E-state index in [1.54, 1.807) is 6.07 Å². The summed E-state index contributed by atoms with van der Waals surface area (Å²) in [5, 5.41) is 41.1. The molecule has 1 aliphatic rings. The van der Waals surface area contributed by atoms with Crippen molar-refractivity contribution in [3.8, 4) is 23.3 Å². The summed E-state index contributed by atoms with van der Waals surface area (Å²) >= 11 is 0. The summed E-state index contributed by atoms with van der Waals surface area (Å²) in [6.07, 6.45) is 1.19. The zero-order chi connectivity index (χ0) is 24.8. The van der Waals surface area contributed by atoms with Crippen LogP contribution in [0, 0.1) is 21.4 Å². The molecule has 1 saturated heterocycles. The Morgan fingerprint density at radius 2 is 1.97 bits per heavy atom. The number of carbonyl (C=O) groups excluding carboxylic acids is 1. The number of anilines is 1. The fraction of sp³-hybridized carbons (Fsp3) is 0.304. The van der Waals surface area contributed by atoms with Crippen LogP contribution in [0.5, 0.6) is 17.2 Å². The average Bonchev–Trinajstić information content (AvgIpc) is 2.79. The van der Waals surface area contributed by atoms with Crippen LogP contribution >= 0.6 is 0 Å². The molecule has 1 amide bonds. The predicted octanol–water partition coefficient (Wildman–Crippen LogP) is 2.85.